The van der Waals surface area contributed by atoms with Gasteiger partial charge in [0.15, 0.2) is 5.13 Å². The Balaban J connectivity index is 1.19. The van der Waals surface area contributed by atoms with Crippen LogP contribution in [-0.4, -0.2) is 46.1 Å². The lowest BCUT2D eigenvalue weighted by atomic mass is 9.64. The zero-order valence-corrected chi connectivity index (χ0v) is 17.4. The number of nitrogens with zero attached hydrogens (tertiary/aromatic N) is 2. The third kappa shape index (κ3) is 3.11. The molecule has 2 N–H and O–H groups in total. The second kappa shape index (κ2) is 6.70. The standard InChI is InChI=1S/C22H29N3O2S/c1-15-4-2-5-17-18(15)28-20(24-17)23-14-21(27)10-12-25(13-11-21)19(26)22(8-3-9-22)16-6-7-16/h2,4-5,16,27H,3,6-14H2,1H3,(H,23,24). The summed E-state index contributed by atoms with van der Waals surface area (Å²) in [5.41, 5.74) is 1.43. The van der Waals surface area contributed by atoms with Crippen molar-refractivity contribution in [3.63, 3.8) is 0 Å². The topological polar surface area (TPSA) is 65.5 Å². The summed E-state index contributed by atoms with van der Waals surface area (Å²) in [6.07, 6.45) is 7.09. The average Bonchev–Trinajstić information content (AvgIpc) is 3.39. The first kappa shape index (κ1) is 18.4. The summed E-state index contributed by atoms with van der Waals surface area (Å²) in [4.78, 5) is 19.8. The molecule has 2 heterocycles. The maximum Gasteiger partial charge on any atom is 0.229 e. The van der Waals surface area contributed by atoms with Crippen molar-refractivity contribution in [3.8, 4) is 0 Å². The third-order valence-corrected chi connectivity index (χ3v) is 8.36. The Bertz CT molecular complexity index is 892. The first-order valence-electron chi connectivity index (χ1n) is 10.6. The van der Waals surface area contributed by atoms with E-state index >= 15 is 0 Å². The van der Waals surface area contributed by atoms with E-state index in [0.717, 1.165) is 23.5 Å². The molecule has 5 nitrogen and oxygen atoms in total. The van der Waals surface area contributed by atoms with Gasteiger partial charge in [-0.15, -0.1) is 0 Å². The number of carbonyl (C=O) groups excluding carboxylic acids is 1. The minimum Gasteiger partial charge on any atom is -0.388 e. The summed E-state index contributed by atoms with van der Waals surface area (Å²) >= 11 is 1.64. The van der Waals surface area contributed by atoms with E-state index in [1.165, 1.54) is 29.5 Å². The summed E-state index contributed by atoms with van der Waals surface area (Å²) in [6, 6.07) is 6.15. The number of piperidine rings is 1. The summed E-state index contributed by atoms with van der Waals surface area (Å²) in [7, 11) is 0. The molecule has 3 fully saturated rings. The molecule has 0 unspecified atom stereocenters. The second-order valence-corrected chi connectivity index (χ2v) is 10.1. The minimum atomic E-state index is -0.768. The molecule has 0 spiro atoms. The SMILES string of the molecule is Cc1cccc2nc(NCC3(O)CCN(C(=O)C4(C5CC5)CCC4)CC3)sc12. The average molecular weight is 400 g/mol. The van der Waals surface area contributed by atoms with Crippen LogP contribution < -0.4 is 5.32 Å². The van der Waals surface area contributed by atoms with Gasteiger partial charge >= 0.3 is 0 Å². The van der Waals surface area contributed by atoms with Crippen molar-refractivity contribution in [1.29, 1.82) is 0 Å². The zero-order valence-electron chi connectivity index (χ0n) is 16.5. The molecule has 28 heavy (non-hydrogen) atoms. The fourth-order valence-corrected chi connectivity index (χ4v) is 5.94. The predicted octanol–water partition coefficient (Wildman–Crippen LogP) is 3.95. The number of amides is 1. The minimum absolute atomic E-state index is 0.0352. The largest absolute Gasteiger partial charge is 0.388 e. The number of hydrogen-bond donors (Lipinski definition) is 2. The molecule has 0 radical (unpaired) electrons. The molecule has 1 aliphatic heterocycles. The molecule has 6 heteroatoms. The molecular weight excluding hydrogens is 370 g/mol. The summed E-state index contributed by atoms with van der Waals surface area (Å²) in [5, 5.41) is 15.2. The maximum atomic E-state index is 13.1. The fourth-order valence-electron chi connectivity index (χ4n) is 5.01. The van der Waals surface area contributed by atoms with E-state index in [1.54, 1.807) is 11.3 Å². The van der Waals surface area contributed by atoms with Crippen molar-refractivity contribution in [3.05, 3.63) is 23.8 Å². The van der Waals surface area contributed by atoms with Crippen molar-refractivity contribution >= 4 is 32.6 Å². The molecule has 0 bridgehead atoms. The number of rotatable bonds is 5. The zero-order chi connectivity index (χ0) is 19.4. The van der Waals surface area contributed by atoms with Crippen LogP contribution in [0.2, 0.25) is 0 Å². The monoisotopic (exact) mass is 399 g/mol. The van der Waals surface area contributed by atoms with Crippen LogP contribution in [0.1, 0.15) is 50.5 Å². The summed E-state index contributed by atoms with van der Waals surface area (Å²) in [6.45, 7) is 3.93. The Morgan fingerprint density at radius 2 is 2.04 bits per heavy atom. The fraction of sp³-hybridized carbons (Fsp3) is 0.636. The van der Waals surface area contributed by atoms with Crippen LogP contribution in [0.5, 0.6) is 0 Å². The molecule has 0 atom stereocenters. The molecule has 1 saturated heterocycles. The highest BCUT2D eigenvalue weighted by atomic mass is 32.1. The van der Waals surface area contributed by atoms with Crippen molar-refractivity contribution < 1.29 is 9.90 Å². The Hall–Kier alpha value is -1.66. The number of fused-ring (bicyclic) bond motifs is 1. The van der Waals surface area contributed by atoms with Crippen LogP contribution in [0.4, 0.5) is 5.13 Å². The van der Waals surface area contributed by atoms with Gasteiger partial charge in [0.2, 0.25) is 5.91 Å². The van der Waals surface area contributed by atoms with E-state index in [-0.39, 0.29) is 5.41 Å². The van der Waals surface area contributed by atoms with Gasteiger partial charge in [0.25, 0.3) is 0 Å². The van der Waals surface area contributed by atoms with Gasteiger partial charge in [0, 0.05) is 19.6 Å². The third-order valence-electron chi connectivity index (χ3n) is 7.19. The van der Waals surface area contributed by atoms with Gasteiger partial charge in [-0.05, 0) is 63.0 Å². The first-order valence-corrected chi connectivity index (χ1v) is 11.4. The molecule has 5 rings (SSSR count). The number of nitrogens with one attached hydrogen (secondary N) is 1. The van der Waals surface area contributed by atoms with Crippen LogP contribution in [0.25, 0.3) is 10.2 Å². The summed E-state index contributed by atoms with van der Waals surface area (Å²) in [5.74, 6) is 1.01. The quantitative estimate of drug-likeness (QED) is 0.799. The van der Waals surface area contributed by atoms with Gasteiger partial charge in [-0.2, -0.15) is 0 Å². The van der Waals surface area contributed by atoms with Gasteiger partial charge in [0.05, 0.1) is 21.2 Å². The van der Waals surface area contributed by atoms with E-state index in [2.05, 4.69) is 23.3 Å². The molecule has 1 amide bonds. The first-order chi connectivity index (χ1) is 13.5. The molecule has 1 aromatic carbocycles. The number of thiazole rings is 1. The lowest BCUT2D eigenvalue weighted by Crippen LogP contribution is -2.55. The van der Waals surface area contributed by atoms with Crippen molar-refractivity contribution in [1.82, 2.24) is 9.88 Å². The lowest BCUT2D eigenvalue weighted by Gasteiger charge is -2.47. The summed E-state index contributed by atoms with van der Waals surface area (Å²) < 4.78 is 1.20. The van der Waals surface area contributed by atoms with Crippen LogP contribution in [0, 0.1) is 18.3 Å². The number of hydrogen-bond acceptors (Lipinski definition) is 5. The molecule has 2 saturated carbocycles. The molecule has 2 aromatic rings. The highest BCUT2D eigenvalue weighted by molar-refractivity contribution is 7.22. The Kier molecular flexibility index (Phi) is 4.40. The van der Waals surface area contributed by atoms with Gasteiger partial charge in [-0.3, -0.25) is 4.79 Å². The van der Waals surface area contributed by atoms with Gasteiger partial charge in [0.1, 0.15) is 0 Å². The Labute approximate surface area is 170 Å². The number of benzene rings is 1. The maximum absolute atomic E-state index is 13.1. The molecule has 2 aliphatic carbocycles. The predicted molar refractivity (Wildman–Crippen MR) is 113 cm³/mol. The molecule has 150 valence electrons. The highest BCUT2D eigenvalue weighted by Gasteiger charge is 2.56. The number of carbonyl (C=O) groups is 1. The van der Waals surface area contributed by atoms with Gasteiger partial charge in [-0.1, -0.05) is 29.9 Å². The molecule has 1 aromatic heterocycles. The second-order valence-electron chi connectivity index (χ2n) is 9.10. The number of aryl methyl sites for hydroxylation is 1. The Morgan fingerprint density at radius 3 is 2.64 bits per heavy atom. The smallest absolute Gasteiger partial charge is 0.229 e. The number of aromatic nitrogens is 1. The molecular formula is C22H29N3O2S. The van der Waals surface area contributed by atoms with Crippen molar-refractivity contribution in [2.75, 3.05) is 25.0 Å². The van der Waals surface area contributed by atoms with E-state index in [4.69, 9.17) is 0 Å². The number of likely N-dealkylation sites (tertiary alicyclic amines) is 1. The van der Waals surface area contributed by atoms with Crippen LogP contribution in [0.3, 0.4) is 0 Å². The van der Waals surface area contributed by atoms with Gasteiger partial charge in [-0.25, -0.2) is 4.98 Å². The van der Waals surface area contributed by atoms with Crippen LogP contribution in [-0.2, 0) is 4.79 Å². The van der Waals surface area contributed by atoms with Crippen molar-refractivity contribution in [2.45, 2.75) is 57.5 Å². The van der Waals surface area contributed by atoms with Crippen molar-refractivity contribution in [2.24, 2.45) is 11.3 Å². The number of aliphatic hydroxyl groups is 1. The van der Waals surface area contributed by atoms with Crippen LogP contribution in [0.15, 0.2) is 18.2 Å². The number of anilines is 1. The van der Waals surface area contributed by atoms with E-state index < -0.39 is 5.60 Å². The lowest BCUT2D eigenvalue weighted by molar-refractivity contribution is -0.153. The van der Waals surface area contributed by atoms with E-state index in [0.29, 0.717) is 44.3 Å². The van der Waals surface area contributed by atoms with Crippen LogP contribution >= 0.6 is 11.3 Å². The van der Waals surface area contributed by atoms with E-state index in [1.807, 2.05) is 17.0 Å². The normalized spacial score (nSPS) is 23.4. The van der Waals surface area contributed by atoms with Gasteiger partial charge < -0.3 is 15.3 Å². The highest BCUT2D eigenvalue weighted by Crippen LogP contribution is 2.58. The Morgan fingerprint density at radius 1 is 1.29 bits per heavy atom. The van der Waals surface area contributed by atoms with E-state index in [9.17, 15) is 9.90 Å². The molecule has 3 aliphatic rings.